The normalized spacial score (nSPS) is 25.7. The van der Waals surface area contributed by atoms with Gasteiger partial charge in [0.05, 0.1) is 0 Å². The standard InChI is InChI=1S/C15H23ClN2.ClH/c1-11(14-5-4-6-15(16)9-14)10-18-8-7-17-12(2)13(18)3;/h4-6,9,11-13,17H,7-8,10H2,1-3H3;1H. The van der Waals surface area contributed by atoms with Crippen molar-refractivity contribution in [2.75, 3.05) is 19.6 Å². The quantitative estimate of drug-likeness (QED) is 0.918. The maximum Gasteiger partial charge on any atom is 0.0408 e. The van der Waals surface area contributed by atoms with E-state index < -0.39 is 0 Å². The molecule has 1 heterocycles. The Kier molecular flexibility index (Phi) is 6.61. The van der Waals surface area contributed by atoms with Gasteiger partial charge in [-0.3, -0.25) is 4.90 Å². The molecule has 1 aromatic carbocycles. The van der Waals surface area contributed by atoms with Gasteiger partial charge in [-0.1, -0.05) is 30.7 Å². The van der Waals surface area contributed by atoms with E-state index >= 15 is 0 Å². The number of hydrogen-bond donors (Lipinski definition) is 1. The van der Waals surface area contributed by atoms with Gasteiger partial charge in [0.2, 0.25) is 0 Å². The number of nitrogens with zero attached hydrogens (tertiary/aromatic N) is 1. The van der Waals surface area contributed by atoms with Crippen molar-refractivity contribution in [2.24, 2.45) is 0 Å². The van der Waals surface area contributed by atoms with Crippen molar-refractivity contribution in [1.82, 2.24) is 10.2 Å². The van der Waals surface area contributed by atoms with E-state index in [9.17, 15) is 0 Å². The zero-order valence-corrected chi connectivity index (χ0v) is 13.5. The van der Waals surface area contributed by atoms with Crippen LogP contribution in [-0.2, 0) is 0 Å². The number of rotatable bonds is 3. The largest absolute Gasteiger partial charge is 0.311 e. The van der Waals surface area contributed by atoms with Gasteiger partial charge >= 0.3 is 0 Å². The predicted octanol–water partition coefficient (Wildman–Crippen LogP) is 3.55. The number of hydrogen-bond acceptors (Lipinski definition) is 2. The van der Waals surface area contributed by atoms with Crippen molar-refractivity contribution >= 4 is 24.0 Å². The Labute approximate surface area is 127 Å². The maximum absolute atomic E-state index is 6.06. The molecule has 3 atom stereocenters. The molecule has 1 fully saturated rings. The lowest BCUT2D eigenvalue weighted by Gasteiger charge is -2.40. The van der Waals surface area contributed by atoms with Crippen molar-refractivity contribution < 1.29 is 0 Å². The molecule has 0 amide bonds. The Morgan fingerprint density at radius 3 is 2.84 bits per heavy atom. The molecular weight excluding hydrogens is 279 g/mol. The van der Waals surface area contributed by atoms with Crippen LogP contribution < -0.4 is 5.32 Å². The highest BCUT2D eigenvalue weighted by molar-refractivity contribution is 6.30. The molecule has 3 unspecified atom stereocenters. The lowest BCUT2D eigenvalue weighted by molar-refractivity contribution is 0.132. The van der Waals surface area contributed by atoms with Crippen LogP contribution in [0.3, 0.4) is 0 Å². The monoisotopic (exact) mass is 302 g/mol. The highest BCUT2D eigenvalue weighted by atomic mass is 35.5. The van der Waals surface area contributed by atoms with E-state index in [-0.39, 0.29) is 12.4 Å². The average molecular weight is 303 g/mol. The first-order valence-electron chi connectivity index (χ1n) is 6.81. The van der Waals surface area contributed by atoms with Crippen LogP contribution in [-0.4, -0.2) is 36.6 Å². The Bertz CT molecular complexity index is 397. The van der Waals surface area contributed by atoms with Gasteiger partial charge in [-0.15, -0.1) is 12.4 Å². The number of halogens is 2. The van der Waals surface area contributed by atoms with Crippen molar-refractivity contribution in [2.45, 2.75) is 38.8 Å². The van der Waals surface area contributed by atoms with Crippen LogP contribution in [0, 0.1) is 0 Å². The molecule has 2 nitrogen and oxygen atoms in total. The van der Waals surface area contributed by atoms with Crippen molar-refractivity contribution in [3.63, 3.8) is 0 Å². The third kappa shape index (κ3) is 4.35. The van der Waals surface area contributed by atoms with Gasteiger partial charge in [-0.2, -0.15) is 0 Å². The molecule has 0 aromatic heterocycles. The van der Waals surface area contributed by atoms with Crippen LogP contribution in [0.1, 0.15) is 32.3 Å². The summed E-state index contributed by atoms with van der Waals surface area (Å²) in [6.07, 6.45) is 0. The summed E-state index contributed by atoms with van der Waals surface area (Å²) in [6.45, 7) is 10.2. The summed E-state index contributed by atoms with van der Waals surface area (Å²) in [4.78, 5) is 2.58. The first kappa shape index (κ1) is 16.8. The zero-order chi connectivity index (χ0) is 13.1. The molecule has 19 heavy (non-hydrogen) atoms. The predicted molar refractivity (Wildman–Crippen MR) is 85.6 cm³/mol. The Morgan fingerprint density at radius 1 is 1.42 bits per heavy atom. The molecular formula is C15H24Cl2N2. The van der Waals surface area contributed by atoms with E-state index in [4.69, 9.17) is 11.6 Å². The summed E-state index contributed by atoms with van der Waals surface area (Å²) in [5, 5.41) is 4.36. The summed E-state index contributed by atoms with van der Waals surface area (Å²) in [6, 6.07) is 9.41. The molecule has 1 aliphatic heterocycles. The Hall–Kier alpha value is -0.280. The molecule has 1 aromatic rings. The van der Waals surface area contributed by atoms with Crippen LogP contribution in [0.5, 0.6) is 0 Å². The summed E-state index contributed by atoms with van der Waals surface area (Å²) >= 11 is 6.06. The molecule has 108 valence electrons. The second-order valence-electron chi connectivity index (χ2n) is 5.43. The van der Waals surface area contributed by atoms with Gasteiger partial charge in [0.1, 0.15) is 0 Å². The van der Waals surface area contributed by atoms with Crippen molar-refractivity contribution in [1.29, 1.82) is 0 Å². The molecule has 0 saturated carbocycles. The number of piperazine rings is 1. The SMILES string of the molecule is CC(CN1CCNC(C)C1C)c1cccc(Cl)c1.Cl. The lowest BCUT2D eigenvalue weighted by Crippen LogP contribution is -2.55. The zero-order valence-electron chi connectivity index (χ0n) is 11.9. The minimum atomic E-state index is 0. The molecule has 0 aliphatic carbocycles. The second kappa shape index (κ2) is 7.49. The first-order valence-corrected chi connectivity index (χ1v) is 7.18. The van der Waals surface area contributed by atoms with Crippen LogP contribution in [0.25, 0.3) is 0 Å². The molecule has 2 rings (SSSR count). The van der Waals surface area contributed by atoms with Gasteiger partial charge in [0.25, 0.3) is 0 Å². The van der Waals surface area contributed by atoms with Crippen molar-refractivity contribution in [3.05, 3.63) is 34.9 Å². The fourth-order valence-corrected chi connectivity index (χ4v) is 2.85. The van der Waals surface area contributed by atoms with E-state index in [1.165, 1.54) is 5.56 Å². The summed E-state index contributed by atoms with van der Waals surface area (Å²) in [5.41, 5.74) is 1.33. The number of nitrogens with one attached hydrogen (secondary N) is 1. The highest BCUT2D eigenvalue weighted by Gasteiger charge is 2.25. The molecule has 0 radical (unpaired) electrons. The minimum absolute atomic E-state index is 0. The fourth-order valence-electron chi connectivity index (χ4n) is 2.65. The Balaban J connectivity index is 0.00000180. The highest BCUT2D eigenvalue weighted by Crippen LogP contribution is 2.22. The molecule has 0 spiro atoms. The summed E-state index contributed by atoms with van der Waals surface area (Å²) in [7, 11) is 0. The van der Waals surface area contributed by atoms with E-state index in [1.807, 2.05) is 12.1 Å². The molecule has 0 bridgehead atoms. The van der Waals surface area contributed by atoms with Gasteiger partial charge in [-0.25, -0.2) is 0 Å². The van der Waals surface area contributed by atoms with E-state index in [1.54, 1.807) is 0 Å². The summed E-state index contributed by atoms with van der Waals surface area (Å²) in [5.74, 6) is 0.524. The molecule has 1 N–H and O–H groups in total. The van der Waals surface area contributed by atoms with Crippen molar-refractivity contribution in [3.8, 4) is 0 Å². The van der Waals surface area contributed by atoms with Crippen LogP contribution in [0.2, 0.25) is 5.02 Å². The second-order valence-corrected chi connectivity index (χ2v) is 5.87. The van der Waals surface area contributed by atoms with Crippen LogP contribution in [0.4, 0.5) is 0 Å². The molecule has 1 saturated heterocycles. The fraction of sp³-hybridized carbons (Fsp3) is 0.600. The minimum Gasteiger partial charge on any atom is -0.311 e. The van der Waals surface area contributed by atoms with E-state index in [2.05, 4.69) is 43.1 Å². The van der Waals surface area contributed by atoms with Crippen LogP contribution in [0.15, 0.2) is 24.3 Å². The third-order valence-corrected chi connectivity index (χ3v) is 4.33. The first-order chi connectivity index (χ1) is 8.58. The summed E-state index contributed by atoms with van der Waals surface area (Å²) < 4.78 is 0. The van der Waals surface area contributed by atoms with Gasteiger partial charge in [-0.05, 0) is 37.5 Å². The molecule has 1 aliphatic rings. The van der Waals surface area contributed by atoms with Gasteiger partial charge in [0.15, 0.2) is 0 Å². The maximum atomic E-state index is 6.06. The van der Waals surface area contributed by atoms with E-state index in [0.717, 1.165) is 24.7 Å². The van der Waals surface area contributed by atoms with Crippen LogP contribution >= 0.6 is 24.0 Å². The Morgan fingerprint density at radius 2 is 2.16 bits per heavy atom. The van der Waals surface area contributed by atoms with Gasteiger partial charge < -0.3 is 5.32 Å². The number of benzene rings is 1. The average Bonchev–Trinajstić information content (AvgIpc) is 2.35. The lowest BCUT2D eigenvalue weighted by atomic mass is 9.98. The topological polar surface area (TPSA) is 15.3 Å². The van der Waals surface area contributed by atoms with E-state index in [0.29, 0.717) is 18.0 Å². The van der Waals surface area contributed by atoms with Gasteiger partial charge in [0, 0.05) is 36.7 Å². The molecule has 4 heteroatoms. The smallest absolute Gasteiger partial charge is 0.0408 e. The third-order valence-electron chi connectivity index (χ3n) is 4.09.